The lowest BCUT2D eigenvalue weighted by Gasteiger charge is -2.27. The van der Waals surface area contributed by atoms with Crippen molar-refractivity contribution in [3.8, 4) is 0 Å². The molecule has 1 aromatic rings. The van der Waals surface area contributed by atoms with E-state index in [1.165, 1.54) is 17.3 Å². The first-order valence-electron chi connectivity index (χ1n) is 4.88. The van der Waals surface area contributed by atoms with E-state index in [1.807, 2.05) is 12.1 Å². The number of hydrogen-bond acceptors (Lipinski definition) is 0. The fourth-order valence-corrected chi connectivity index (χ4v) is 4.36. The van der Waals surface area contributed by atoms with Crippen molar-refractivity contribution in [1.29, 1.82) is 0 Å². The summed E-state index contributed by atoms with van der Waals surface area (Å²) in [6.07, 6.45) is 0.970. The second-order valence-electron chi connectivity index (χ2n) is 4.10. The van der Waals surface area contributed by atoms with Gasteiger partial charge in [-0.15, -0.1) is 11.6 Å². The smallest absolute Gasteiger partial charge is 0.123 e. The molecule has 0 aromatic heterocycles. The minimum atomic E-state index is -1.61. The number of halogens is 2. The highest BCUT2D eigenvalue weighted by atomic mass is 35.5. The summed E-state index contributed by atoms with van der Waals surface area (Å²) >= 11 is 6.30. The molecule has 14 heavy (non-hydrogen) atoms. The summed E-state index contributed by atoms with van der Waals surface area (Å²) in [4.78, 5) is 0. The van der Waals surface area contributed by atoms with Crippen LogP contribution >= 0.6 is 11.6 Å². The number of rotatable bonds is 3. The monoisotopic (exact) mass is 230 g/mol. The molecule has 78 valence electrons. The Kier molecular flexibility index (Phi) is 3.73. The summed E-state index contributed by atoms with van der Waals surface area (Å²) < 4.78 is 12.7. The summed E-state index contributed by atoms with van der Waals surface area (Å²) in [7, 11) is -1.61. The van der Waals surface area contributed by atoms with E-state index in [2.05, 4.69) is 20.0 Å². The predicted molar refractivity (Wildman–Crippen MR) is 63.4 cm³/mol. The van der Waals surface area contributed by atoms with E-state index in [9.17, 15) is 4.39 Å². The van der Waals surface area contributed by atoms with E-state index >= 15 is 0 Å². The maximum absolute atomic E-state index is 12.7. The molecule has 0 bridgehead atoms. The topological polar surface area (TPSA) is 0 Å². The number of benzene rings is 1. The van der Waals surface area contributed by atoms with Crippen molar-refractivity contribution in [2.24, 2.45) is 0 Å². The molecule has 0 fully saturated rings. The van der Waals surface area contributed by atoms with Crippen molar-refractivity contribution in [2.45, 2.75) is 31.4 Å². The molecule has 1 unspecified atom stereocenters. The lowest BCUT2D eigenvalue weighted by molar-refractivity contribution is 0.628. The maximum Gasteiger partial charge on any atom is 0.123 e. The molecule has 1 rings (SSSR count). The summed E-state index contributed by atoms with van der Waals surface area (Å²) in [6.45, 7) is 6.54. The van der Waals surface area contributed by atoms with Gasteiger partial charge in [-0.1, -0.05) is 37.3 Å². The minimum absolute atomic E-state index is 0.179. The average molecular weight is 231 g/mol. The number of hydrogen-bond donors (Lipinski definition) is 0. The van der Waals surface area contributed by atoms with Gasteiger partial charge in [0.25, 0.3) is 0 Å². The van der Waals surface area contributed by atoms with Gasteiger partial charge in [0, 0.05) is 5.00 Å². The Labute approximate surface area is 91.1 Å². The van der Waals surface area contributed by atoms with E-state index in [4.69, 9.17) is 11.6 Å². The molecule has 0 aliphatic rings. The fourth-order valence-electron chi connectivity index (χ4n) is 1.57. The van der Waals surface area contributed by atoms with Gasteiger partial charge in [-0.2, -0.15) is 0 Å². The van der Waals surface area contributed by atoms with Gasteiger partial charge < -0.3 is 0 Å². The van der Waals surface area contributed by atoms with E-state index < -0.39 is 8.07 Å². The van der Waals surface area contributed by atoms with Crippen molar-refractivity contribution in [3.05, 3.63) is 30.1 Å². The Morgan fingerprint density at radius 2 is 1.79 bits per heavy atom. The van der Waals surface area contributed by atoms with Gasteiger partial charge >= 0.3 is 0 Å². The van der Waals surface area contributed by atoms with E-state index in [-0.39, 0.29) is 10.8 Å². The molecular formula is C11H16ClFSi. The molecule has 0 saturated heterocycles. The molecule has 0 heterocycles. The molecule has 0 aliphatic heterocycles. The van der Waals surface area contributed by atoms with Gasteiger partial charge in [-0.05, 0) is 18.6 Å². The molecule has 0 radical (unpaired) electrons. The van der Waals surface area contributed by atoms with Crippen molar-refractivity contribution in [2.75, 3.05) is 0 Å². The predicted octanol–water partition coefficient (Wildman–Crippen LogP) is 3.30. The Bertz CT molecular complexity index is 295. The van der Waals surface area contributed by atoms with Crippen LogP contribution in [0.25, 0.3) is 0 Å². The molecular weight excluding hydrogens is 215 g/mol. The number of alkyl halides is 1. The second-order valence-corrected chi connectivity index (χ2v) is 9.71. The zero-order chi connectivity index (χ0) is 10.8. The zero-order valence-corrected chi connectivity index (χ0v) is 10.6. The maximum atomic E-state index is 12.7. The Balaban J connectivity index is 2.97. The van der Waals surface area contributed by atoms with Gasteiger partial charge in [0.15, 0.2) is 0 Å². The largest absolute Gasteiger partial charge is 0.207 e. The van der Waals surface area contributed by atoms with E-state index in [0.717, 1.165) is 6.42 Å². The van der Waals surface area contributed by atoms with Gasteiger partial charge in [0.2, 0.25) is 0 Å². The summed E-state index contributed by atoms with van der Waals surface area (Å²) in [5.74, 6) is -0.179. The van der Waals surface area contributed by atoms with Crippen LogP contribution in [0.5, 0.6) is 0 Å². The van der Waals surface area contributed by atoms with Crippen LogP contribution < -0.4 is 5.19 Å². The van der Waals surface area contributed by atoms with Gasteiger partial charge in [0.1, 0.15) is 5.82 Å². The third-order valence-corrected chi connectivity index (χ3v) is 8.47. The van der Waals surface area contributed by atoms with Crippen molar-refractivity contribution < 1.29 is 4.39 Å². The van der Waals surface area contributed by atoms with Crippen LogP contribution in [0.3, 0.4) is 0 Å². The van der Waals surface area contributed by atoms with Crippen LogP contribution in [0.15, 0.2) is 24.3 Å². The Morgan fingerprint density at radius 3 is 2.21 bits per heavy atom. The lowest BCUT2D eigenvalue weighted by atomic mass is 10.3. The lowest BCUT2D eigenvalue weighted by Crippen LogP contribution is -2.49. The molecule has 0 aliphatic carbocycles. The highest BCUT2D eigenvalue weighted by Gasteiger charge is 2.30. The van der Waals surface area contributed by atoms with Crippen LogP contribution in [0, 0.1) is 5.82 Å². The highest BCUT2D eigenvalue weighted by molar-refractivity contribution is 6.95. The highest BCUT2D eigenvalue weighted by Crippen LogP contribution is 2.17. The molecule has 0 N–H and O–H groups in total. The summed E-state index contributed by atoms with van der Waals surface area (Å²) in [5.41, 5.74) is 0. The van der Waals surface area contributed by atoms with Crippen LogP contribution in [-0.2, 0) is 0 Å². The van der Waals surface area contributed by atoms with E-state index in [1.54, 1.807) is 0 Å². The van der Waals surface area contributed by atoms with Crippen molar-refractivity contribution in [3.63, 3.8) is 0 Å². The fraction of sp³-hybridized carbons (Fsp3) is 0.455. The van der Waals surface area contributed by atoms with Crippen LogP contribution in [-0.4, -0.2) is 13.1 Å². The molecule has 0 nitrogen and oxygen atoms in total. The van der Waals surface area contributed by atoms with Gasteiger partial charge in [-0.25, -0.2) is 4.39 Å². The first-order chi connectivity index (χ1) is 6.48. The Morgan fingerprint density at radius 1 is 1.29 bits per heavy atom. The standard InChI is InChI=1S/C11H16ClFSi/c1-4-11(12)14(2,3)10-7-5-9(13)6-8-10/h5-8,11H,4H2,1-3H3. The minimum Gasteiger partial charge on any atom is -0.207 e. The summed E-state index contributed by atoms with van der Waals surface area (Å²) in [5, 5.41) is 1.44. The average Bonchev–Trinajstić information content (AvgIpc) is 2.17. The third-order valence-electron chi connectivity index (χ3n) is 2.73. The van der Waals surface area contributed by atoms with Gasteiger partial charge in [-0.3, -0.25) is 0 Å². The first-order valence-corrected chi connectivity index (χ1v) is 8.40. The molecule has 0 amide bonds. The third kappa shape index (κ3) is 2.37. The molecule has 3 heteroatoms. The van der Waals surface area contributed by atoms with Crippen LogP contribution in [0.1, 0.15) is 13.3 Å². The first kappa shape index (κ1) is 11.7. The van der Waals surface area contributed by atoms with Gasteiger partial charge in [0.05, 0.1) is 8.07 Å². The SMILES string of the molecule is CCC(Cl)[Si](C)(C)c1ccc(F)cc1. The zero-order valence-electron chi connectivity index (χ0n) is 8.85. The molecule has 1 aromatic carbocycles. The van der Waals surface area contributed by atoms with Crippen molar-refractivity contribution in [1.82, 2.24) is 0 Å². The summed E-state index contributed by atoms with van der Waals surface area (Å²) in [6, 6.07) is 6.77. The quantitative estimate of drug-likeness (QED) is 0.552. The molecule has 1 atom stereocenters. The molecule has 0 saturated carbocycles. The van der Waals surface area contributed by atoms with Crippen LogP contribution in [0.4, 0.5) is 4.39 Å². The van der Waals surface area contributed by atoms with Crippen LogP contribution in [0.2, 0.25) is 13.1 Å². The normalized spacial score (nSPS) is 14.1. The van der Waals surface area contributed by atoms with Crippen molar-refractivity contribution >= 4 is 24.9 Å². The molecule has 0 spiro atoms. The second kappa shape index (κ2) is 4.45. The Hall–Kier alpha value is -0.343. The van der Waals surface area contributed by atoms with E-state index in [0.29, 0.717) is 0 Å².